The Kier molecular flexibility index (Phi) is 5.41. The highest BCUT2D eigenvalue weighted by molar-refractivity contribution is 7.13. The predicted molar refractivity (Wildman–Crippen MR) is 117 cm³/mol. The number of para-hydroxylation sites is 1. The lowest BCUT2D eigenvalue weighted by molar-refractivity contribution is 0.0497. The zero-order valence-electron chi connectivity index (χ0n) is 17.0. The number of hydrogen-bond donors (Lipinski definition) is 1. The molecule has 3 aromatic rings. The van der Waals surface area contributed by atoms with Gasteiger partial charge in [-0.15, -0.1) is 11.3 Å². The molecule has 0 aliphatic carbocycles. The van der Waals surface area contributed by atoms with Crippen molar-refractivity contribution in [1.82, 2.24) is 15.3 Å². The van der Waals surface area contributed by atoms with Crippen molar-refractivity contribution in [3.63, 3.8) is 0 Å². The number of fused-ring (bicyclic) bond motifs is 1. The van der Waals surface area contributed by atoms with Gasteiger partial charge < -0.3 is 15.0 Å². The Balaban J connectivity index is 1.52. The van der Waals surface area contributed by atoms with E-state index in [1.807, 2.05) is 50.4 Å². The van der Waals surface area contributed by atoms with Crippen LogP contribution in [0.25, 0.3) is 21.6 Å². The summed E-state index contributed by atoms with van der Waals surface area (Å²) in [7, 11) is 0. The number of nitrogens with zero attached hydrogens (tertiary/aromatic N) is 3. The van der Waals surface area contributed by atoms with Crippen LogP contribution in [0.4, 0.5) is 10.6 Å². The second-order valence-corrected chi connectivity index (χ2v) is 9.22. The number of hydrogen-bond acceptors (Lipinski definition) is 6. The van der Waals surface area contributed by atoms with Gasteiger partial charge in [0.1, 0.15) is 11.4 Å². The molecule has 29 heavy (non-hydrogen) atoms. The van der Waals surface area contributed by atoms with Crippen molar-refractivity contribution in [2.45, 2.75) is 45.3 Å². The molecule has 0 spiro atoms. The van der Waals surface area contributed by atoms with Gasteiger partial charge in [-0.25, -0.2) is 14.8 Å². The maximum atomic E-state index is 12.1. The number of carbonyl (C=O) groups excluding carboxylic acids is 1. The highest BCUT2D eigenvalue weighted by Gasteiger charge is 2.25. The molecule has 7 heteroatoms. The summed E-state index contributed by atoms with van der Waals surface area (Å²) in [6.45, 7) is 7.28. The lowest BCUT2D eigenvalue weighted by Gasteiger charge is -2.34. The third-order valence-electron chi connectivity index (χ3n) is 4.84. The van der Waals surface area contributed by atoms with Crippen LogP contribution in [0.5, 0.6) is 0 Å². The van der Waals surface area contributed by atoms with Crippen LogP contribution in [0, 0.1) is 0 Å². The number of thiophene rings is 1. The number of anilines is 1. The minimum Gasteiger partial charge on any atom is -0.444 e. The lowest BCUT2D eigenvalue weighted by Crippen LogP contribution is -2.46. The summed E-state index contributed by atoms with van der Waals surface area (Å²) in [5, 5.41) is 6.10. The first-order valence-electron chi connectivity index (χ1n) is 9.94. The molecule has 1 aliphatic heterocycles. The molecule has 152 valence electrons. The predicted octanol–water partition coefficient (Wildman–Crippen LogP) is 4.85. The molecule has 0 saturated carbocycles. The quantitative estimate of drug-likeness (QED) is 0.668. The number of carbonyl (C=O) groups is 1. The second kappa shape index (κ2) is 7.99. The molecule has 1 aliphatic rings. The fraction of sp³-hybridized carbons (Fsp3) is 0.409. The summed E-state index contributed by atoms with van der Waals surface area (Å²) < 4.78 is 5.38. The third kappa shape index (κ3) is 4.67. The van der Waals surface area contributed by atoms with E-state index in [0.29, 0.717) is 0 Å². The van der Waals surface area contributed by atoms with Gasteiger partial charge in [0.05, 0.1) is 10.4 Å². The van der Waals surface area contributed by atoms with Gasteiger partial charge in [-0.1, -0.05) is 18.2 Å². The molecule has 0 atom stereocenters. The van der Waals surface area contributed by atoms with E-state index in [4.69, 9.17) is 14.7 Å². The Morgan fingerprint density at radius 1 is 1.14 bits per heavy atom. The maximum absolute atomic E-state index is 12.1. The van der Waals surface area contributed by atoms with Gasteiger partial charge in [0.2, 0.25) is 0 Å². The third-order valence-corrected chi connectivity index (χ3v) is 5.71. The summed E-state index contributed by atoms with van der Waals surface area (Å²) >= 11 is 1.65. The second-order valence-electron chi connectivity index (χ2n) is 8.27. The Bertz CT molecular complexity index is 990. The van der Waals surface area contributed by atoms with Gasteiger partial charge in [-0.2, -0.15) is 0 Å². The van der Waals surface area contributed by atoms with E-state index < -0.39 is 5.60 Å². The highest BCUT2D eigenvalue weighted by Crippen LogP contribution is 2.31. The van der Waals surface area contributed by atoms with Crippen molar-refractivity contribution in [3.05, 3.63) is 41.8 Å². The zero-order valence-corrected chi connectivity index (χ0v) is 17.8. The normalized spacial score (nSPS) is 15.5. The molecular formula is C22H26N4O2S. The van der Waals surface area contributed by atoms with Crippen LogP contribution < -0.4 is 10.2 Å². The maximum Gasteiger partial charge on any atom is 0.407 e. The zero-order chi connectivity index (χ0) is 20.4. The van der Waals surface area contributed by atoms with Crippen LogP contribution >= 0.6 is 11.3 Å². The largest absolute Gasteiger partial charge is 0.444 e. The number of alkyl carbamates (subject to hydrolysis) is 1. The molecule has 1 fully saturated rings. The lowest BCUT2D eigenvalue weighted by atomic mass is 10.0. The van der Waals surface area contributed by atoms with Crippen LogP contribution in [0.15, 0.2) is 41.8 Å². The molecule has 0 bridgehead atoms. The van der Waals surface area contributed by atoms with Crippen molar-refractivity contribution in [1.29, 1.82) is 0 Å². The summed E-state index contributed by atoms with van der Waals surface area (Å²) in [6.07, 6.45) is 1.36. The first kappa shape index (κ1) is 19.6. The molecule has 0 unspecified atom stereocenters. The first-order valence-corrected chi connectivity index (χ1v) is 10.8. The van der Waals surface area contributed by atoms with Crippen LogP contribution in [0.1, 0.15) is 33.6 Å². The minimum atomic E-state index is -0.483. The van der Waals surface area contributed by atoms with Crippen molar-refractivity contribution in [3.8, 4) is 10.7 Å². The van der Waals surface area contributed by atoms with Crippen molar-refractivity contribution < 1.29 is 9.53 Å². The number of piperidine rings is 1. The molecule has 4 rings (SSSR count). The van der Waals surface area contributed by atoms with Crippen LogP contribution in [0.2, 0.25) is 0 Å². The molecule has 1 saturated heterocycles. The summed E-state index contributed by atoms with van der Waals surface area (Å²) in [5.41, 5.74) is 0.470. The highest BCUT2D eigenvalue weighted by atomic mass is 32.1. The van der Waals surface area contributed by atoms with Crippen molar-refractivity contribution in [2.24, 2.45) is 0 Å². The molecule has 2 aromatic heterocycles. The molecule has 0 radical (unpaired) electrons. The van der Waals surface area contributed by atoms with Crippen LogP contribution in [-0.4, -0.2) is 40.8 Å². The number of rotatable bonds is 3. The molecule has 1 N–H and O–H groups in total. The van der Waals surface area contributed by atoms with Crippen molar-refractivity contribution >= 4 is 34.2 Å². The van der Waals surface area contributed by atoms with Crippen LogP contribution in [-0.2, 0) is 4.74 Å². The number of nitrogens with one attached hydrogen (secondary N) is 1. The van der Waals surface area contributed by atoms with E-state index >= 15 is 0 Å². The Morgan fingerprint density at radius 3 is 2.59 bits per heavy atom. The van der Waals surface area contributed by atoms with Gasteiger partial charge in [-0.05, 0) is 57.2 Å². The summed E-state index contributed by atoms with van der Waals surface area (Å²) in [5.74, 6) is 1.73. The topological polar surface area (TPSA) is 67.3 Å². The van der Waals surface area contributed by atoms with Gasteiger partial charge in [0.25, 0.3) is 0 Å². The first-order chi connectivity index (χ1) is 13.9. The van der Waals surface area contributed by atoms with Gasteiger partial charge >= 0.3 is 6.09 Å². The van der Waals surface area contributed by atoms with Crippen LogP contribution in [0.3, 0.4) is 0 Å². The van der Waals surface area contributed by atoms with Gasteiger partial charge in [-0.3, -0.25) is 0 Å². The number of benzene rings is 1. The van der Waals surface area contributed by atoms with Gasteiger partial charge in [0.15, 0.2) is 5.82 Å². The van der Waals surface area contributed by atoms with E-state index in [-0.39, 0.29) is 12.1 Å². The van der Waals surface area contributed by atoms with Crippen molar-refractivity contribution in [2.75, 3.05) is 18.0 Å². The Hall–Kier alpha value is -2.67. The van der Waals surface area contributed by atoms with E-state index in [1.165, 1.54) is 0 Å². The van der Waals surface area contributed by atoms with Gasteiger partial charge in [0, 0.05) is 24.5 Å². The van der Waals surface area contributed by atoms with E-state index in [1.54, 1.807) is 11.3 Å². The molecule has 1 amide bonds. The fourth-order valence-electron chi connectivity index (χ4n) is 3.53. The molecule has 3 heterocycles. The number of aromatic nitrogens is 2. The molecular weight excluding hydrogens is 384 g/mol. The summed E-state index contributed by atoms with van der Waals surface area (Å²) in [4.78, 5) is 25.1. The Morgan fingerprint density at radius 2 is 1.90 bits per heavy atom. The Labute approximate surface area is 174 Å². The SMILES string of the molecule is CC(C)(C)OC(=O)NC1CCN(c2nc(-c3cccs3)nc3ccccc23)CC1. The van der Waals surface area contributed by atoms with E-state index in [9.17, 15) is 4.79 Å². The van der Waals surface area contributed by atoms with E-state index in [0.717, 1.165) is 53.4 Å². The molecule has 1 aromatic carbocycles. The monoisotopic (exact) mass is 410 g/mol. The standard InChI is InChI=1S/C22H26N4O2S/c1-22(2,3)28-21(27)23-15-10-12-26(13-11-15)20-16-7-4-5-8-17(16)24-19(25-20)18-9-6-14-29-18/h4-9,14-15H,10-13H2,1-3H3,(H,23,27). The average molecular weight is 411 g/mol. The summed E-state index contributed by atoms with van der Waals surface area (Å²) in [6, 6.07) is 12.3. The fourth-order valence-corrected chi connectivity index (χ4v) is 4.18. The average Bonchev–Trinajstić information content (AvgIpc) is 3.21. The molecule has 6 nitrogen and oxygen atoms in total. The smallest absolute Gasteiger partial charge is 0.407 e. The van der Waals surface area contributed by atoms with E-state index in [2.05, 4.69) is 22.3 Å². The minimum absolute atomic E-state index is 0.117. The number of amides is 1. The number of ether oxygens (including phenoxy) is 1.